The minimum Gasteiger partial charge on any atom is -0.451 e. The first-order valence-electron chi connectivity index (χ1n) is 7.22. The maximum atomic E-state index is 13.8. The molecule has 2 aromatic carbocycles. The molecule has 24 heavy (non-hydrogen) atoms. The molecule has 1 amide bonds. The molecule has 0 fully saturated rings. The van der Waals surface area contributed by atoms with Gasteiger partial charge >= 0.3 is 0 Å². The summed E-state index contributed by atoms with van der Waals surface area (Å²) in [5.74, 6) is -0.406. The van der Waals surface area contributed by atoms with Crippen LogP contribution in [0.5, 0.6) is 0 Å². The summed E-state index contributed by atoms with van der Waals surface area (Å²) in [7, 11) is 0. The number of amides is 1. The normalized spacial score (nSPS) is 10.9. The number of benzene rings is 2. The van der Waals surface area contributed by atoms with Crippen LogP contribution in [-0.2, 0) is 0 Å². The van der Waals surface area contributed by atoms with Crippen molar-refractivity contribution in [2.75, 3.05) is 5.32 Å². The maximum Gasteiger partial charge on any atom is 0.293 e. The van der Waals surface area contributed by atoms with Gasteiger partial charge in [-0.1, -0.05) is 35.6 Å². The number of carbonyl (C=O) groups is 1. The molecule has 0 aliphatic rings. The van der Waals surface area contributed by atoms with Crippen LogP contribution in [0, 0.1) is 5.82 Å². The van der Waals surface area contributed by atoms with Crippen molar-refractivity contribution in [1.29, 1.82) is 0 Å². The van der Waals surface area contributed by atoms with Gasteiger partial charge in [0.25, 0.3) is 5.91 Å². The van der Waals surface area contributed by atoms with E-state index in [0.717, 1.165) is 10.2 Å². The number of thiazole rings is 1. The van der Waals surface area contributed by atoms with E-state index >= 15 is 0 Å². The Hall–Kier alpha value is -2.99. The smallest absolute Gasteiger partial charge is 0.293 e. The summed E-state index contributed by atoms with van der Waals surface area (Å²) in [5, 5.41) is 3.20. The van der Waals surface area contributed by atoms with E-state index in [4.69, 9.17) is 4.42 Å². The molecule has 6 heteroatoms. The zero-order valence-corrected chi connectivity index (χ0v) is 13.1. The lowest BCUT2D eigenvalue weighted by Gasteiger charge is -1.99. The Morgan fingerprint density at radius 1 is 1.04 bits per heavy atom. The van der Waals surface area contributed by atoms with Crippen molar-refractivity contribution < 1.29 is 13.6 Å². The van der Waals surface area contributed by atoms with Gasteiger partial charge in [0.1, 0.15) is 11.6 Å². The quantitative estimate of drug-likeness (QED) is 0.575. The minimum atomic E-state index is -0.420. The van der Waals surface area contributed by atoms with E-state index in [9.17, 15) is 9.18 Å². The molecular formula is C18H11FN2O2S. The SMILES string of the molecule is O=C(Nc1nc2ccccc2s1)c1ccc(-c2ccccc2F)o1. The fourth-order valence-corrected chi connectivity index (χ4v) is 3.21. The molecule has 0 spiro atoms. The summed E-state index contributed by atoms with van der Waals surface area (Å²) in [5.41, 5.74) is 1.14. The second-order valence-corrected chi connectivity index (χ2v) is 6.12. The number of carbonyl (C=O) groups excluding carboxylic acids is 1. The lowest BCUT2D eigenvalue weighted by Crippen LogP contribution is -2.10. The molecule has 0 bridgehead atoms. The highest BCUT2D eigenvalue weighted by Gasteiger charge is 2.16. The number of nitrogens with one attached hydrogen (secondary N) is 1. The summed E-state index contributed by atoms with van der Waals surface area (Å²) >= 11 is 1.38. The van der Waals surface area contributed by atoms with Crippen LogP contribution in [0.15, 0.2) is 65.1 Å². The third-order valence-corrected chi connectivity index (χ3v) is 4.44. The van der Waals surface area contributed by atoms with Gasteiger partial charge in [0.05, 0.1) is 15.8 Å². The Balaban J connectivity index is 1.58. The number of halogens is 1. The lowest BCUT2D eigenvalue weighted by atomic mass is 10.1. The van der Waals surface area contributed by atoms with E-state index in [1.165, 1.54) is 23.5 Å². The van der Waals surface area contributed by atoms with Gasteiger partial charge in [0, 0.05) is 0 Å². The highest BCUT2D eigenvalue weighted by atomic mass is 32.1. The molecule has 118 valence electrons. The van der Waals surface area contributed by atoms with Crippen molar-refractivity contribution in [1.82, 2.24) is 4.98 Å². The molecule has 0 aliphatic carbocycles. The molecule has 2 heterocycles. The summed E-state index contributed by atoms with van der Waals surface area (Å²) in [4.78, 5) is 16.6. The van der Waals surface area contributed by atoms with Crippen LogP contribution in [0.25, 0.3) is 21.5 Å². The largest absolute Gasteiger partial charge is 0.451 e. The number of anilines is 1. The van der Waals surface area contributed by atoms with Gasteiger partial charge in [0.15, 0.2) is 10.9 Å². The number of hydrogen-bond donors (Lipinski definition) is 1. The maximum absolute atomic E-state index is 13.8. The summed E-state index contributed by atoms with van der Waals surface area (Å²) in [6.07, 6.45) is 0. The van der Waals surface area contributed by atoms with Crippen molar-refractivity contribution in [2.45, 2.75) is 0 Å². The standard InChI is InChI=1S/C18H11FN2O2S/c19-12-6-2-1-5-11(12)14-9-10-15(23-14)17(22)21-18-20-13-7-3-4-8-16(13)24-18/h1-10H,(H,20,21,22). The molecule has 0 saturated heterocycles. The number of hydrogen-bond acceptors (Lipinski definition) is 4. The van der Waals surface area contributed by atoms with Crippen LogP contribution in [0.4, 0.5) is 9.52 Å². The number of nitrogens with zero attached hydrogens (tertiary/aromatic N) is 1. The van der Waals surface area contributed by atoms with Gasteiger partial charge in [-0.05, 0) is 36.4 Å². The molecule has 0 unspecified atom stereocenters. The molecular weight excluding hydrogens is 327 g/mol. The number of para-hydroxylation sites is 1. The van der Waals surface area contributed by atoms with Gasteiger partial charge in [-0.2, -0.15) is 0 Å². The molecule has 1 N–H and O–H groups in total. The summed E-state index contributed by atoms with van der Waals surface area (Å²) in [6, 6.07) is 17.0. The van der Waals surface area contributed by atoms with Gasteiger partial charge in [-0.15, -0.1) is 0 Å². The van der Waals surface area contributed by atoms with E-state index in [-0.39, 0.29) is 5.76 Å². The topological polar surface area (TPSA) is 55.1 Å². The van der Waals surface area contributed by atoms with Crippen LogP contribution < -0.4 is 5.32 Å². The van der Waals surface area contributed by atoms with Crippen LogP contribution in [0.1, 0.15) is 10.6 Å². The first-order chi connectivity index (χ1) is 11.7. The molecule has 4 aromatic rings. The Labute approximate surface area is 140 Å². The molecule has 4 rings (SSSR count). The average Bonchev–Trinajstić information content (AvgIpc) is 3.21. The Morgan fingerprint density at radius 3 is 2.67 bits per heavy atom. The zero-order valence-electron chi connectivity index (χ0n) is 12.3. The third-order valence-electron chi connectivity index (χ3n) is 3.48. The number of fused-ring (bicyclic) bond motifs is 1. The lowest BCUT2D eigenvalue weighted by molar-refractivity contribution is 0.0997. The van der Waals surface area contributed by atoms with Gasteiger partial charge in [-0.25, -0.2) is 9.37 Å². The van der Waals surface area contributed by atoms with E-state index in [1.54, 1.807) is 24.3 Å². The summed E-state index contributed by atoms with van der Waals surface area (Å²) in [6.45, 7) is 0. The second-order valence-electron chi connectivity index (χ2n) is 5.08. The highest BCUT2D eigenvalue weighted by molar-refractivity contribution is 7.22. The van der Waals surface area contributed by atoms with Crippen LogP contribution in [0.2, 0.25) is 0 Å². The first kappa shape index (κ1) is 14.6. The van der Waals surface area contributed by atoms with Crippen molar-refractivity contribution in [3.05, 3.63) is 72.2 Å². The van der Waals surface area contributed by atoms with Gasteiger partial charge < -0.3 is 4.42 Å². The first-order valence-corrected chi connectivity index (χ1v) is 8.04. The monoisotopic (exact) mass is 338 g/mol. The van der Waals surface area contributed by atoms with Crippen molar-refractivity contribution >= 4 is 32.6 Å². The van der Waals surface area contributed by atoms with Gasteiger partial charge in [-0.3, -0.25) is 10.1 Å². The Kier molecular flexibility index (Phi) is 3.59. The predicted octanol–water partition coefficient (Wildman–Crippen LogP) is 4.95. The summed E-state index contributed by atoms with van der Waals surface area (Å²) < 4.78 is 20.3. The van der Waals surface area contributed by atoms with E-state index in [2.05, 4.69) is 10.3 Å². The van der Waals surface area contributed by atoms with E-state index in [0.29, 0.717) is 16.5 Å². The molecule has 0 aliphatic heterocycles. The molecule has 0 saturated carbocycles. The third kappa shape index (κ3) is 2.68. The fraction of sp³-hybridized carbons (Fsp3) is 0. The number of furan rings is 1. The van der Waals surface area contributed by atoms with Crippen LogP contribution >= 0.6 is 11.3 Å². The van der Waals surface area contributed by atoms with Crippen LogP contribution in [0.3, 0.4) is 0 Å². The zero-order chi connectivity index (χ0) is 16.5. The van der Waals surface area contributed by atoms with Crippen molar-refractivity contribution in [2.24, 2.45) is 0 Å². The Bertz CT molecular complexity index is 1010. The predicted molar refractivity (Wildman–Crippen MR) is 91.7 cm³/mol. The second kappa shape index (κ2) is 5.90. The van der Waals surface area contributed by atoms with Crippen molar-refractivity contribution in [3.8, 4) is 11.3 Å². The van der Waals surface area contributed by atoms with Crippen LogP contribution in [-0.4, -0.2) is 10.9 Å². The Morgan fingerprint density at radius 2 is 1.83 bits per heavy atom. The van der Waals surface area contributed by atoms with E-state index < -0.39 is 11.7 Å². The number of rotatable bonds is 3. The highest BCUT2D eigenvalue weighted by Crippen LogP contribution is 2.27. The molecule has 4 nitrogen and oxygen atoms in total. The van der Waals surface area contributed by atoms with Crippen molar-refractivity contribution in [3.63, 3.8) is 0 Å². The average molecular weight is 338 g/mol. The number of aromatic nitrogens is 1. The fourth-order valence-electron chi connectivity index (χ4n) is 2.35. The molecule has 2 aromatic heterocycles. The van der Waals surface area contributed by atoms with Gasteiger partial charge in [0.2, 0.25) is 0 Å². The minimum absolute atomic E-state index is 0.104. The molecule has 0 atom stereocenters. The molecule has 0 radical (unpaired) electrons. The van der Waals surface area contributed by atoms with E-state index in [1.807, 2.05) is 24.3 Å².